The fraction of sp³-hybridized carbons (Fsp3) is 0.111. The summed E-state index contributed by atoms with van der Waals surface area (Å²) in [7, 11) is 0. The molecule has 4 aromatic rings. The number of hydrogen-bond donors (Lipinski definition) is 1. The lowest BCUT2D eigenvalue weighted by atomic mass is 10.2. The summed E-state index contributed by atoms with van der Waals surface area (Å²) in [6, 6.07) is 16.5. The van der Waals surface area contributed by atoms with Crippen LogP contribution >= 0.6 is 0 Å². The Morgan fingerprint density at radius 2 is 1.68 bits per heavy atom. The van der Waals surface area contributed by atoms with Crippen LogP contribution in [0.5, 0.6) is 0 Å². The molecule has 0 aliphatic carbocycles. The SMILES string of the molecule is Cc1nnc2c(=O)n(CC(=O)Nc3ccccc3)c3ccccc3n12. The number of nitrogens with one attached hydrogen (secondary N) is 1. The molecule has 0 aliphatic rings. The van der Waals surface area contributed by atoms with Crippen molar-refractivity contribution in [2.75, 3.05) is 5.32 Å². The lowest BCUT2D eigenvalue weighted by Crippen LogP contribution is -2.29. The molecule has 0 saturated heterocycles. The maximum atomic E-state index is 12.8. The molecule has 0 fully saturated rings. The Morgan fingerprint density at radius 3 is 2.44 bits per heavy atom. The molecule has 25 heavy (non-hydrogen) atoms. The minimum Gasteiger partial charge on any atom is -0.325 e. The van der Waals surface area contributed by atoms with Crippen molar-refractivity contribution in [1.29, 1.82) is 0 Å². The third-order valence-corrected chi connectivity index (χ3v) is 4.03. The minimum absolute atomic E-state index is 0.101. The van der Waals surface area contributed by atoms with Crippen molar-refractivity contribution in [3.63, 3.8) is 0 Å². The van der Waals surface area contributed by atoms with Crippen molar-refractivity contribution in [3.8, 4) is 0 Å². The molecule has 2 heterocycles. The van der Waals surface area contributed by atoms with E-state index in [0.29, 0.717) is 17.0 Å². The summed E-state index contributed by atoms with van der Waals surface area (Å²) >= 11 is 0. The quantitative estimate of drug-likeness (QED) is 0.622. The van der Waals surface area contributed by atoms with Crippen LogP contribution < -0.4 is 10.9 Å². The molecule has 4 rings (SSSR count). The van der Waals surface area contributed by atoms with Crippen LogP contribution in [-0.2, 0) is 11.3 Å². The van der Waals surface area contributed by atoms with E-state index in [4.69, 9.17) is 0 Å². The highest BCUT2D eigenvalue weighted by Crippen LogP contribution is 2.15. The van der Waals surface area contributed by atoms with Crippen molar-refractivity contribution < 1.29 is 4.79 Å². The van der Waals surface area contributed by atoms with Gasteiger partial charge >= 0.3 is 0 Å². The summed E-state index contributed by atoms with van der Waals surface area (Å²) in [5.41, 5.74) is 1.99. The van der Waals surface area contributed by atoms with E-state index >= 15 is 0 Å². The molecule has 2 aromatic carbocycles. The minimum atomic E-state index is -0.345. The molecule has 0 spiro atoms. The van der Waals surface area contributed by atoms with E-state index in [1.165, 1.54) is 4.57 Å². The highest BCUT2D eigenvalue weighted by atomic mass is 16.2. The maximum absolute atomic E-state index is 12.8. The molecule has 1 N–H and O–H groups in total. The molecule has 2 aromatic heterocycles. The highest BCUT2D eigenvalue weighted by molar-refractivity contribution is 5.91. The molecule has 0 saturated carbocycles. The summed E-state index contributed by atoms with van der Waals surface area (Å²) in [6.45, 7) is 1.69. The van der Waals surface area contributed by atoms with Crippen molar-refractivity contribution >= 4 is 28.3 Å². The third-order valence-electron chi connectivity index (χ3n) is 4.03. The van der Waals surface area contributed by atoms with Gasteiger partial charge in [0.2, 0.25) is 11.6 Å². The first-order chi connectivity index (χ1) is 12.1. The number of rotatable bonds is 3. The molecular weight excluding hydrogens is 318 g/mol. The number of aromatic nitrogens is 4. The number of aryl methyl sites for hydroxylation is 1. The van der Waals surface area contributed by atoms with E-state index in [1.54, 1.807) is 23.5 Å². The predicted octanol–water partition coefficient (Wildman–Crippen LogP) is 1.99. The Morgan fingerprint density at radius 1 is 1.00 bits per heavy atom. The summed E-state index contributed by atoms with van der Waals surface area (Å²) in [4.78, 5) is 25.2. The van der Waals surface area contributed by atoms with E-state index in [1.807, 2.05) is 42.5 Å². The first-order valence-corrected chi connectivity index (χ1v) is 7.83. The van der Waals surface area contributed by atoms with Gasteiger partial charge in [-0.3, -0.25) is 18.6 Å². The van der Waals surface area contributed by atoms with Crippen LogP contribution in [0.3, 0.4) is 0 Å². The number of amides is 1. The second kappa shape index (κ2) is 5.86. The number of nitrogens with zero attached hydrogens (tertiary/aromatic N) is 4. The first-order valence-electron chi connectivity index (χ1n) is 7.83. The summed E-state index contributed by atoms with van der Waals surface area (Å²) in [5, 5.41) is 10.8. The monoisotopic (exact) mass is 333 g/mol. The number of carbonyl (C=O) groups is 1. The zero-order valence-corrected chi connectivity index (χ0v) is 13.5. The van der Waals surface area contributed by atoms with Crippen LogP contribution in [0.1, 0.15) is 5.82 Å². The molecule has 1 amide bonds. The predicted molar refractivity (Wildman–Crippen MR) is 94.6 cm³/mol. The van der Waals surface area contributed by atoms with E-state index in [0.717, 1.165) is 5.52 Å². The summed E-state index contributed by atoms with van der Waals surface area (Å²) in [5.74, 6) is 0.350. The average molecular weight is 333 g/mol. The third kappa shape index (κ3) is 2.55. The Kier molecular flexibility index (Phi) is 3.53. The topological polar surface area (TPSA) is 81.3 Å². The molecular formula is C18H15N5O2. The van der Waals surface area contributed by atoms with Gasteiger partial charge in [0.25, 0.3) is 5.56 Å². The Labute approximate surface area is 142 Å². The molecule has 0 radical (unpaired) electrons. The Balaban J connectivity index is 1.82. The van der Waals surface area contributed by atoms with E-state index in [9.17, 15) is 9.59 Å². The van der Waals surface area contributed by atoms with Crippen molar-refractivity contribution in [2.45, 2.75) is 13.5 Å². The molecule has 7 nitrogen and oxygen atoms in total. The zero-order chi connectivity index (χ0) is 17.4. The van der Waals surface area contributed by atoms with Crippen molar-refractivity contribution in [1.82, 2.24) is 19.2 Å². The average Bonchev–Trinajstić information content (AvgIpc) is 3.01. The number of para-hydroxylation sites is 3. The van der Waals surface area contributed by atoms with Crippen molar-refractivity contribution in [2.24, 2.45) is 0 Å². The summed E-state index contributed by atoms with van der Waals surface area (Å²) < 4.78 is 3.14. The number of carbonyl (C=O) groups excluding carboxylic acids is 1. The van der Waals surface area contributed by atoms with Gasteiger partial charge < -0.3 is 5.32 Å². The van der Waals surface area contributed by atoms with Gasteiger partial charge in [-0.25, -0.2) is 0 Å². The molecule has 0 aliphatic heterocycles. The van der Waals surface area contributed by atoms with Gasteiger partial charge in [-0.2, -0.15) is 0 Å². The highest BCUT2D eigenvalue weighted by Gasteiger charge is 2.16. The van der Waals surface area contributed by atoms with Crippen LogP contribution in [-0.4, -0.2) is 25.1 Å². The van der Waals surface area contributed by atoms with Gasteiger partial charge in [-0.1, -0.05) is 30.3 Å². The number of fused-ring (bicyclic) bond motifs is 3. The molecule has 7 heteroatoms. The van der Waals surface area contributed by atoms with Crippen LogP contribution in [0.4, 0.5) is 5.69 Å². The molecule has 0 unspecified atom stereocenters. The maximum Gasteiger partial charge on any atom is 0.297 e. The second-order valence-electron chi connectivity index (χ2n) is 5.70. The molecule has 0 atom stereocenters. The first kappa shape index (κ1) is 15.1. The second-order valence-corrected chi connectivity index (χ2v) is 5.70. The van der Waals surface area contributed by atoms with Crippen LogP contribution in [0.15, 0.2) is 59.4 Å². The number of hydrogen-bond acceptors (Lipinski definition) is 4. The Bertz CT molecular complexity index is 1140. The zero-order valence-electron chi connectivity index (χ0n) is 13.5. The number of anilines is 1. The smallest absolute Gasteiger partial charge is 0.297 e. The lowest BCUT2D eigenvalue weighted by molar-refractivity contribution is -0.116. The van der Waals surface area contributed by atoms with Gasteiger partial charge in [0, 0.05) is 5.69 Å². The lowest BCUT2D eigenvalue weighted by Gasteiger charge is -2.12. The molecule has 124 valence electrons. The van der Waals surface area contributed by atoms with E-state index in [-0.39, 0.29) is 23.7 Å². The van der Waals surface area contributed by atoms with Crippen LogP contribution in [0, 0.1) is 6.92 Å². The number of benzene rings is 2. The molecule has 0 bridgehead atoms. The standard InChI is InChI=1S/C18H15N5O2/c1-12-20-21-17-18(25)22(14-9-5-6-10-15(14)23(12)17)11-16(24)19-13-7-3-2-4-8-13/h2-10H,11H2,1H3,(H,19,24). The van der Waals surface area contributed by atoms with E-state index < -0.39 is 0 Å². The van der Waals surface area contributed by atoms with Gasteiger partial charge in [-0.15, -0.1) is 10.2 Å². The Hall–Kier alpha value is -3.48. The van der Waals surface area contributed by atoms with Gasteiger partial charge in [0.15, 0.2) is 0 Å². The van der Waals surface area contributed by atoms with Crippen LogP contribution in [0.25, 0.3) is 16.7 Å². The fourth-order valence-corrected chi connectivity index (χ4v) is 2.92. The van der Waals surface area contributed by atoms with E-state index in [2.05, 4.69) is 15.5 Å². The summed E-state index contributed by atoms with van der Waals surface area (Å²) in [6.07, 6.45) is 0. The fourth-order valence-electron chi connectivity index (χ4n) is 2.92. The van der Waals surface area contributed by atoms with Gasteiger partial charge in [0.05, 0.1) is 11.0 Å². The normalized spacial score (nSPS) is 11.1. The van der Waals surface area contributed by atoms with Crippen LogP contribution in [0.2, 0.25) is 0 Å². The van der Waals surface area contributed by atoms with Gasteiger partial charge in [-0.05, 0) is 31.2 Å². The van der Waals surface area contributed by atoms with Gasteiger partial charge in [0.1, 0.15) is 12.4 Å². The largest absolute Gasteiger partial charge is 0.325 e. The van der Waals surface area contributed by atoms with Crippen molar-refractivity contribution in [3.05, 3.63) is 70.8 Å².